The molecule has 9 nitrogen and oxygen atoms in total. The van der Waals surface area contributed by atoms with Crippen molar-refractivity contribution in [3.63, 3.8) is 0 Å². The standard InChI is InChI=1S/C20H22BrN5O4S2/c1-12(28)17(11-27)30-20(32-18-7-14(21)4-3-13(18)8-22)16(29-2)10-26-9-15(24-25-26)19-23-5-6-31-19/h3-7,9,12,16-17,20,27-28H,10-11H2,1-2H3/t12-,16+,17?,20?/m1/s1. The Morgan fingerprint density at radius 3 is 2.81 bits per heavy atom. The lowest BCUT2D eigenvalue weighted by Gasteiger charge is -2.30. The van der Waals surface area contributed by atoms with E-state index in [-0.39, 0.29) is 6.61 Å². The summed E-state index contributed by atoms with van der Waals surface area (Å²) in [5.41, 5.74) is 0.461. The summed E-state index contributed by atoms with van der Waals surface area (Å²) < 4.78 is 14.2. The summed E-state index contributed by atoms with van der Waals surface area (Å²) in [6.07, 6.45) is 1.20. The number of aliphatic hydroxyl groups excluding tert-OH is 2. The van der Waals surface area contributed by atoms with E-state index < -0.39 is 23.7 Å². The molecule has 0 aliphatic carbocycles. The normalized spacial score (nSPS) is 15.1. The maximum Gasteiger partial charge on any atom is 0.145 e. The first-order valence-electron chi connectivity index (χ1n) is 9.58. The fraction of sp³-hybridized carbons (Fsp3) is 0.400. The van der Waals surface area contributed by atoms with Crippen LogP contribution in [0.5, 0.6) is 0 Å². The summed E-state index contributed by atoms with van der Waals surface area (Å²) in [4.78, 5) is 4.92. The van der Waals surface area contributed by atoms with E-state index in [2.05, 4.69) is 37.3 Å². The van der Waals surface area contributed by atoms with Crippen molar-refractivity contribution in [3.05, 3.63) is 46.0 Å². The van der Waals surface area contributed by atoms with Crippen LogP contribution in [0.15, 0.2) is 45.3 Å². The van der Waals surface area contributed by atoms with E-state index in [1.165, 1.54) is 23.1 Å². The minimum atomic E-state index is -0.901. The fourth-order valence-electron chi connectivity index (χ4n) is 2.78. The van der Waals surface area contributed by atoms with Crippen LogP contribution < -0.4 is 0 Å². The highest BCUT2D eigenvalue weighted by atomic mass is 79.9. The molecule has 0 aliphatic rings. The Hall–Kier alpha value is -1.85. The fourth-order valence-corrected chi connectivity index (χ4v) is 5.11. The molecule has 4 atom stereocenters. The quantitative estimate of drug-likeness (QED) is 0.279. The number of halogens is 1. The lowest BCUT2D eigenvalue weighted by atomic mass is 10.2. The van der Waals surface area contributed by atoms with Gasteiger partial charge in [0.25, 0.3) is 0 Å². The smallest absolute Gasteiger partial charge is 0.145 e. The Bertz CT molecular complexity index is 1040. The Balaban J connectivity index is 1.86. The molecule has 2 unspecified atom stereocenters. The second kappa shape index (κ2) is 11.9. The molecule has 0 saturated heterocycles. The molecule has 0 bridgehead atoms. The van der Waals surface area contributed by atoms with E-state index in [0.717, 1.165) is 9.48 Å². The van der Waals surface area contributed by atoms with Crippen LogP contribution >= 0.6 is 39.0 Å². The first kappa shape index (κ1) is 24.8. The van der Waals surface area contributed by atoms with Crippen molar-refractivity contribution in [2.45, 2.75) is 42.1 Å². The molecular formula is C20H22BrN5O4S2. The predicted molar refractivity (Wildman–Crippen MR) is 124 cm³/mol. The van der Waals surface area contributed by atoms with Gasteiger partial charge in [-0.2, -0.15) is 5.26 Å². The lowest BCUT2D eigenvalue weighted by Crippen LogP contribution is -2.40. The molecule has 1 aromatic carbocycles. The van der Waals surface area contributed by atoms with Crippen LogP contribution in [-0.4, -0.2) is 67.7 Å². The van der Waals surface area contributed by atoms with Gasteiger partial charge in [0.1, 0.15) is 34.4 Å². The average Bonchev–Trinajstić information content (AvgIpc) is 3.47. The molecule has 0 fully saturated rings. The topological polar surface area (TPSA) is 126 Å². The first-order chi connectivity index (χ1) is 15.4. The van der Waals surface area contributed by atoms with Crippen LogP contribution in [0.1, 0.15) is 12.5 Å². The van der Waals surface area contributed by atoms with Crippen molar-refractivity contribution in [1.82, 2.24) is 20.0 Å². The molecule has 32 heavy (non-hydrogen) atoms. The summed E-state index contributed by atoms with van der Waals surface area (Å²) in [5.74, 6) is 0. The van der Waals surface area contributed by atoms with Crippen molar-refractivity contribution in [3.8, 4) is 16.8 Å². The maximum absolute atomic E-state index is 10.00. The Morgan fingerprint density at radius 2 is 2.19 bits per heavy atom. The SMILES string of the molecule is CO[C@@H](Cn1cc(-c2nccs2)nn1)C(OC(CO)[C@@H](C)O)Sc1cc(Br)ccc1C#N. The third-order valence-electron chi connectivity index (χ3n) is 4.50. The molecule has 3 rings (SSSR count). The van der Waals surface area contributed by atoms with Gasteiger partial charge < -0.3 is 19.7 Å². The summed E-state index contributed by atoms with van der Waals surface area (Å²) in [7, 11) is 1.54. The van der Waals surface area contributed by atoms with E-state index in [9.17, 15) is 15.5 Å². The number of hydrogen-bond acceptors (Lipinski definition) is 10. The summed E-state index contributed by atoms with van der Waals surface area (Å²) in [6, 6.07) is 7.49. The highest BCUT2D eigenvalue weighted by Gasteiger charge is 2.30. The molecule has 0 amide bonds. The van der Waals surface area contributed by atoms with Gasteiger partial charge in [0.2, 0.25) is 0 Å². The van der Waals surface area contributed by atoms with Gasteiger partial charge in [0.15, 0.2) is 0 Å². The maximum atomic E-state index is 10.00. The number of aromatic nitrogens is 4. The van der Waals surface area contributed by atoms with Gasteiger partial charge in [-0.25, -0.2) is 9.67 Å². The molecule has 0 aliphatic heterocycles. The number of benzene rings is 1. The van der Waals surface area contributed by atoms with Gasteiger partial charge in [0.05, 0.1) is 31.0 Å². The minimum Gasteiger partial charge on any atom is -0.394 e. The van der Waals surface area contributed by atoms with Gasteiger partial charge in [-0.1, -0.05) is 32.9 Å². The molecule has 2 N–H and O–H groups in total. The second-order valence-electron chi connectivity index (χ2n) is 6.77. The molecule has 12 heteroatoms. The third kappa shape index (κ3) is 6.35. The number of rotatable bonds is 11. The zero-order chi connectivity index (χ0) is 23.1. The molecule has 0 saturated carbocycles. The monoisotopic (exact) mass is 539 g/mol. The number of thiazole rings is 1. The number of ether oxygens (including phenoxy) is 2. The van der Waals surface area contributed by atoms with Gasteiger partial charge in [-0.15, -0.1) is 16.4 Å². The van der Waals surface area contributed by atoms with Gasteiger partial charge in [0, 0.05) is 28.1 Å². The average molecular weight is 540 g/mol. The molecule has 2 heterocycles. The van der Waals surface area contributed by atoms with Crippen LogP contribution in [0.25, 0.3) is 10.7 Å². The molecule has 0 radical (unpaired) electrons. The van der Waals surface area contributed by atoms with Crippen molar-refractivity contribution >= 4 is 39.0 Å². The minimum absolute atomic E-state index is 0.292. The van der Waals surface area contributed by atoms with Gasteiger partial charge >= 0.3 is 0 Å². The number of nitriles is 1. The largest absolute Gasteiger partial charge is 0.394 e. The number of hydrogen-bond donors (Lipinski definition) is 2. The summed E-state index contributed by atoms with van der Waals surface area (Å²) >= 11 is 6.17. The highest BCUT2D eigenvalue weighted by molar-refractivity contribution is 9.10. The van der Waals surface area contributed by atoms with Crippen LogP contribution in [-0.2, 0) is 16.0 Å². The molecule has 2 aromatic heterocycles. The van der Waals surface area contributed by atoms with Gasteiger partial charge in [-0.3, -0.25) is 0 Å². The summed E-state index contributed by atoms with van der Waals surface area (Å²) in [6.45, 7) is 1.47. The number of aliphatic hydroxyl groups is 2. The Labute approximate surface area is 202 Å². The number of nitrogens with zero attached hydrogens (tertiary/aromatic N) is 5. The first-order valence-corrected chi connectivity index (χ1v) is 12.1. The van der Waals surface area contributed by atoms with E-state index in [0.29, 0.717) is 22.7 Å². The Kier molecular flexibility index (Phi) is 9.18. The van der Waals surface area contributed by atoms with E-state index in [1.807, 2.05) is 11.4 Å². The van der Waals surface area contributed by atoms with Crippen LogP contribution in [0.2, 0.25) is 0 Å². The molecule has 3 aromatic rings. The van der Waals surface area contributed by atoms with E-state index in [1.54, 1.807) is 43.2 Å². The van der Waals surface area contributed by atoms with Crippen LogP contribution in [0.3, 0.4) is 0 Å². The van der Waals surface area contributed by atoms with Crippen LogP contribution in [0, 0.1) is 11.3 Å². The zero-order valence-corrected chi connectivity index (χ0v) is 20.5. The van der Waals surface area contributed by atoms with Crippen molar-refractivity contribution in [2.75, 3.05) is 13.7 Å². The van der Waals surface area contributed by atoms with Crippen molar-refractivity contribution in [2.24, 2.45) is 0 Å². The lowest BCUT2D eigenvalue weighted by molar-refractivity contribution is -0.105. The predicted octanol–water partition coefficient (Wildman–Crippen LogP) is 2.93. The van der Waals surface area contributed by atoms with Gasteiger partial charge in [-0.05, 0) is 25.1 Å². The zero-order valence-electron chi connectivity index (χ0n) is 17.3. The number of methoxy groups -OCH3 is 1. The number of thioether (sulfide) groups is 1. The van der Waals surface area contributed by atoms with E-state index in [4.69, 9.17) is 9.47 Å². The Morgan fingerprint density at radius 1 is 1.38 bits per heavy atom. The summed E-state index contributed by atoms with van der Waals surface area (Å²) in [5, 5.41) is 40.1. The molecular weight excluding hydrogens is 518 g/mol. The second-order valence-corrected chi connectivity index (χ2v) is 9.72. The van der Waals surface area contributed by atoms with Crippen molar-refractivity contribution < 1.29 is 19.7 Å². The molecule has 0 spiro atoms. The van der Waals surface area contributed by atoms with Crippen LogP contribution in [0.4, 0.5) is 0 Å². The molecule has 170 valence electrons. The van der Waals surface area contributed by atoms with Crippen molar-refractivity contribution in [1.29, 1.82) is 5.26 Å². The third-order valence-corrected chi connectivity index (χ3v) is 7.03. The van der Waals surface area contributed by atoms with E-state index >= 15 is 0 Å². The highest BCUT2D eigenvalue weighted by Crippen LogP contribution is 2.34.